The lowest BCUT2D eigenvalue weighted by atomic mass is 10.0. The minimum Gasteiger partial charge on any atom is -0.480 e. The van der Waals surface area contributed by atoms with Crippen molar-refractivity contribution in [3.05, 3.63) is 86.8 Å². The third-order valence-electron chi connectivity index (χ3n) is 6.16. The van der Waals surface area contributed by atoms with E-state index in [-0.39, 0.29) is 12.1 Å². The summed E-state index contributed by atoms with van der Waals surface area (Å²) in [6, 6.07) is 16.3. The average molecular weight is 489 g/mol. The molecule has 1 unspecified atom stereocenters. The fourth-order valence-electron chi connectivity index (χ4n) is 4.29. The van der Waals surface area contributed by atoms with Gasteiger partial charge in [0.2, 0.25) is 0 Å². The second-order valence-electron chi connectivity index (χ2n) is 8.42. The largest absolute Gasteiger partial charge is 0.480 e. The molecule has 178 valence electrons. The van der Waals surface area contributed by atoms with Crippen molar-refractivity contribution in [3.63, 3.8) is 0 Å². The van der Waals surface area contributed by atoms with Gasteiger partial charge in [0.05, 0.1) is 0 Å². The highest BCUT2D eigenvalue weighted by atomic mass is 32.2. The quantitative estimate of drug-likeness (QED) is 0.322. The molecule has 0 saturated carbocycles. The number of carbonyl (C=O) groups is 1. The third-order valence-corrected chi connectivity index (χ3v) is 7.10. The topological polar surface area (TPSA) is 112 Å². The van der Waals surface area contributed by atoms with Crippen LogP contribution >= 0.6 is 11.8 Å². The summed E-state index contributed by atoms with van der Waals surface area (Å²) in [6.07, 6.45) is 1.91. The van der Waals surface area contributed by atoms with Crippen molar-refractivity contribution in [2.24, 2.45) is 0 Å². The molecule has 2 heterocycles. The molecule has 5 rings (SSSR count). The second-order valence-corrected chi connectivity index (χ2v) is 9.65. The second kappa shape index (κ2) is 9.79. The number of nitrogens with zero attached hydrogens (tertiary/aromatic N) is 2. The van der Waals surface area contributed by atoms with E-state index in [9.17, 15) is 19.5 Å². The SMILES string of the molecule is O=C(O)C(Cc1ccc(Nc2nccc3ccccc23)cc1)Nc1c(N2CCSCC2)c(=O)c1=O. The molecule has 0 spiro atoms. The van der Waals surface area contributed by atoms with Crippen LogP contribution < -0.4 is 26.4 Å². The molecular formula is C26H24N4O4S. The number of anilines is 4. The summed E-state index contributed by atoms with van der Waals surface area (Å²) >= 11 is 1.79. The third kappa shape index (κ3) is 4.72. The summed E-state index contributed by atoms with van der Waals surface area (Å²) in [7, 11) is 0. The molecule has 1 atom stereocenters. The molecule has 0 aliphatic carbocycles. The Hall–Kier alpha value is -3.85. The van der Waals surface area contributed by atoms with Gasteiger partial charge in [0.1, 0.15) is 23.2 Å². The highest BCUT2D eigenvalue weighted by Crippen LogP contribution is 2.26. The molecule has 9 heteroatoms. The van der Waals surface area contributed by atoms with Crippen molar-refractivity contribution >= 4 is 51.4 Å². The predicted octanol–water partition coefficient (Wildman–Crippen LogP) is 3.24. The first-order valence-corrected chi connectivity index (χ1v) is 12.5. The van der Waals surface area contributed by atoms with E-state index in [4.69, 9.17) is 0 Å². The highest BCUT2D eigenvalue weighted by Gasteiger charge is 2.30. The van der Waals surface area contributed by atoms with Crippen molar-refractivity contribution in [1.29, 1.82) is 0 Å². The Labute approximate surface area is 205 Å². The molecule has 1 aliphatic rings. The number of fused-ring (bicyclic) bond motifs is 1. The lowest BCUT2D eigenvalue weighted by molar-refractivity contribution is -0.137. The van der Waals surface area contributed by atoms with Gasteiger partial charge in [-0.1, -0.05) is 36.4 Å². The first kappa shape index (κ1) is 22.9. The van der Waals surface area contributed by atoms with Gasteiger partial charge in [0.15, 0.2) is 0 Å². The van der Waals surface area contributed by atoms with Gasteiger partial charge in [-0.2, -0.15) is 11.8 Å². The van der Waals surface area contributed by atoms with Gasteiger partial charge in [0.25, 0.3) is 10.9 Å². The van der Waals surface area contributed by atoms with E-state index in [1.54, 1.807) is 18.0 Å². The molecule has 4 aromatic rings. The zero-order valence-corrected chi connectivity index (χ0v) is 19.7. The predicted molar refractivity (Wildman–Crippen MR) is 141 cm³/mol. The number of rotatable bonds is 8. The van der Waals surface area contributed by atoms with Crippen LogP contribution in [0.15, 0.2) is 70.4 Å². The molecule has 1 saturated heterocycles. The zero-order chi connectivity index (χ0) is 24.4. The van der Waals surface area contributed by atoms with Crippen LogP contribution in [0.3, 0.4) is 0 Å². The fraction of sp³-hybridized carbons (Fsp3) is 0.231. The van der Waals surface area contributed by atoms with Crippen molar-refractivity contribution in [2.45, 2.75) is 12.5 Å². The molecule has 3 aromatic carbocycles. The van der Waals surface area contributed by atoms with Gasteiger partial charge >= 0.3 is 5.97 Å². The zero-order valence-electron chi connectivity index (χ0n) is 18.9. The van der Waals surface area contributed by atoms with E-state index in [2.05, 4.69) is 15.6 Å². The van der Waals surface area contributed by atoms with E-state index in [0.29, 0.717) is 18.8 Å². The standard InChI is InChI=1S/C26H24N4O4S/c31-23-21(22(24(23)32)30-11-13-35-14-12-30)29-20(26(33)34)15-16-5-7-18(8-6-16)28-25-19-4-2-1-3-17(19)9-10-27-25/h1-10,20,29H,11-15H2,(H,27,28)(H,33,34). The number of nitrogens with one attached hydrogen (secondary N) is 2. The summed E-state index contributed by atoms with van der Waals surface area (Å²) in [4.78, 5) is 42.7. The minimum atomic E-state index is -1.08. The number of thioether (sulfide) groups is 1. The molecule has 0 amide bonds. The van der Waals surface area contributed by atoms with E-state index in [1.165, 1.54) is 0 Å². The van der Waals surface area contributed by atoms with Crippen molar-refractivity contribution in [3.8, 4) is 0 Å². The summed E-state index contributed by atoms with van der Waals surface area (Å²) < 4.78 is 0. The lowest BCUT2D eigenvalue weighted by Crippen LogP contribution is -2.47. The van der Waals surface area contributed by atoms with E-state index >= 15 is 0 Å². The number of benzene rings is 2. The smallest absolute Gasteiger partial charge is 0.326 e. The van der Waals surface area contributed by atoms with Gasteiger partial charge in [-0.15, -0.1) is 0 Å². The number of hydrogen-bond acceptors (Lipinski definition) is 8. The maximum absolute atomic E-state index is 12.2. The van der Waals surface area contributed by atoms with Crippen LogP contribution in [-0.2, 0) is 11.2 Å². The minimum absolute atomic E-state index is 0.120. The summed E-state index contributed by atoms with van der Waals surface area (Å²) in [5.74, 6) is 1.40. The Morgan fingerprint density at radius 2 is 1.77 bits per heavy atom. The van der Waals surface area contributed by atoms with Gasteiger partial charge in [0, 0.05) is 48.3 Å². The first-order valence-electron chi connectivity index (χ1n) is 11.4. The molecule has 1 fully saturated rings. The fourth-order valence-corrected chi connectivity index (χ4v) is 5.20. The van der Waals surface area contributed by atoms with Crippen LogP contribution in [0.5, 0.6) is 0 Å². The van der Waals surface area contributed by atoms with Crippen LogP contribution in [0.25, 0.3) is 10.8 Å². The Morgan fingerprint density at radius 1 is 1.03 bits per heavy atom. The number of hydrogen-bond donors (Lipinski definition) is 3. The molecule has 1 aliphatic heterocycles. The van der Waals surface area contributed by atoms with Crippen molar-refractivity contribution in [2.75, 3.05) is 40.1 Å². The van der Waals surface area contributed by atoms with Crippen LogP contribution in [0.1, 0.15) is 5.56 Å². The van der Waals surface area contributed by atoms with E-state index < -0.39 is 22.9 Å². The van der Waals surface area contributed by atoms with E-state index in [1.807, 2.05) is 59.5 Å². The van der Waals surface area contributed by atoms with Crippen LogP contribution in [0.2, 0.25) is 0 Å². The number of carboxylic acid groups (broad SMARTS) is 1. The van der Waals surface area contributed by atoms with Gasteiger partial charge in [-0.3, -0.25) is 9.59 Å². The van der Waals surface area contributed by atoms with Gasteiger partial charge in [-0.05, 0) is 29.1 Å². The monoisotopic (exact) mass is 488 g/mol. The lowest BCUT2D eigenvalue weighted by Gasteiger charge is -2.31. The summed E-state index contributed by atoms with van der Waals surface area (Å²) in [6.45, 7) is 1.34. The molecule has 35 heavy (non-hydrogen) atoms. The van der Waals surface area contributed by atoms with E-state index in [0.717, 1.165) is 39.3 Å². The Kier molecular flexibility index (Phi) is 6.41. The Balaban J connectivity index is 1.30. The summed E-state index contributed by atoms with van der Waals surface area (Å²) in [5.41, 5.74) is 0.868. The molecule has 0 bridgehead atoms. The van der Waals surface area contributed by atoms with Gasteiger partial charge in [-0.25, -0.2) is 9.78 Å². The van der Waals surface area contributed by atoms with Crippen LogP contribution in [-0.4, -0.2) is 46.7 Å². The molecule has 0 radical (unpaired) electrons. The number of aromatic nitrogens is 1. The number of aliphatic carboxylic acids is 1. The maximum Gasteiger partial charge on any atom is 0.326 e. The number of carboxylic acids is 1. The van der Waals surface area contributed by atoms with Crippen LogP contribution in [0.4, 0.5) is 22.9 Å². The molecule has 3 N–H and O–H groups in total. The summed E-state index contributed by atoms with van der Waals surface area (Å²) in [5, 5.41) is 18.0. The molecule has 1 aromatic heterocycles. The van der Waals surface area contributed by atoms with Crippen molar-refractivity contribution in [1.82, 2.24) is 4.98 Å². The molecular weight excluding hydrogens is 464 g/mol. The Morgan fingerprint density at radius 3 is 2.51 bits per heavy atom. The maximum atomic E-state index is 12.2. The average Bonchev–Trinajstić information content (AvgIpc) is 2.89. The normalized spacial score (nSPS) is 14.7. The van der Waals surface area contributed by atoms with Gasteiger partial charge < -0.3 is 20.6 Å². The molecule has 8 nitrogen and oxygen atoms in total. The van der Waals surface area contributed by atoms with Crippen LogP contribution in [0, 0.1) is 0 Å². The number of pyridine rings is 1. The highest BCUT2D eigenvalue weighted by molar-refractivity contribution is 7.99. The Bertz CT molecular complexity index is 1440. The van der Waals surface area contributed by atoms with Crippen molar-refractivity contribution < 1.29 is 9.90 Å². The first-order chi connectivity index (χ1) is 17.0.